The molecule has 0 spiro atoms. The molecule has 0 aliphatic rings. The Morgan fingerprint density at radius 1 is 1.45 bits per heavy atom. The summed E-state index contributed by atoms with van der Waals surface area (Å²) in [6, 6.07) is 7.27. The maximum atomic E-state index is 10.9. The zero-order chi connectivity index (χ0) is 8.27. The molecule has 0 saturated carbocycles. The lowest BCUT2D eigenvalue weighted by molar-refractivity contribution is 0.101. The van der Waals surface area contributed by atoms with Crippen molar-refractivity contribution in [3.8, 4) is 0 Å². The number of Topliss-reactive ketones (excluding diaryl/α,β-unsaturated/α-hetero) is 1. The number of nitrogens with zero attached hydrogens (tertiary/aromatic N) is 1. The van der Waals surface area contributed by atoms with E-state index in [4.69, 9.17) is 0 Å². The van der Waals surface area contributed by atoms with Crippen LogP contribution in [-0.4, -0.2) is 12.8 Å². The van der Waals surface area contributed by atoms with Gasteiger partial charge in [0.05, 0.1) is 5.69 Å². The maximum Gasteiger partial charge on any atom is 0.159 e. The highest BCUT2D eigenvalue weighted by Gasteiger charge is 1.98. The summed E-state index contributed by atoms with van der Waals surface area (Å²) in [6.45, 7) is 1.55. The number of carbonyl (C=O) groups excluding carboxylic acids is 1. The lowest BCUT2D eigenvalue weighted by Gasteiger charge is -1.98. The van der Waals surface area contributed by atoms with Crippen LogP contribution in [0.15, 0.2) is 24.3 Å². The standard InChI is InChI=1S/C9H10NO/c1-7(11)8-4-3-5-9(6-8)10-2/h3-6H,1-2H3. The third-order valence-electron chi connectivity index (χ3n) is 1.51. The summed E-state index contributed by atoms with van der Waals surface area (Å²) >= 11 is 0. The first-order valence-corrected chi connectivity index (χ1v) is 3.45. The van der Waals surface area contributed by atoms with Crippen molar-refractivity contribution in [2.75, 3.05) is 7.05 Å². The summed E-state index contributed by atoms with van der Waals surface area (Å²) in [7, 11) is 1.71. The largest absolute Gasteiger partial charge is 0.295 e. The fourth-order valence-electron chi connectivity index (χ4n) is 0.864. The van der Waals surface area contributed by atoms with Crippen molar-refractivity contribution in [1.29, 1.82) is 0 Å². The van der Waals surface area contributed by atoms with E-state index in [1.807, 2.05) is 12.1 Å². The highest BCUT2D eigenvalue weighted by Crippen LogP contribution is 2.09. The third kappa shape index (κ3) is 1.80. The van der Waals surface area contributed by atoms with E-state index in [0.29, 0.717) is 5.56 Å². The molecule has 57 valence electrons. The first-order valence-electron chi connectivity index (χ1n) is 3.45. The second-order valence-electron chi connectivity index (χ2n) is 2.33. The number of ketones is 1. The molecule has 0 fully saturated rings. The molecule has 1 radical (unpaired) electrons. The summed E-state index contributed by atoms with van der Waals surface area (Å²) in [5, 5.41) is 3.96. The molecule has 0 atom stereocenters. The van der Waals surface area contributed by atoms with Crippen LogP contribution in [0.3, 0.4) is 0 Å². The minimum Gasteiger partial charge on any atom is -0.295 e. The average Bonchev–Trinajstić information content (AvgIpc) is 2.05. The molecular weight excluding hydrogens is 138 g/mol. The zero-order valence-electron chi connectivity index (χ0n) is 6.66. The molecule has 0 aromatic heterocycles. The van der Waals surface area contributed by atoms with Crippen molar-refractivity contribution in [2.24, 2.45) is 0 Å². The van der Waals surface area contributed by atoms with E-state index < -0.39 is 0 Å². The van der Waals surface area contributed by atoms with E-state index in [1.54, 1.807) is 26.1 Å². The molecule has 0 N–H and O–H groups in total. The van der Waals surface area contributed by atoms with E-state index in [1.165, 1.54) is 0 Å². The Morgan fingerprint density at radius 3 is 2.73 bits per heavy atom. The van der Waals surface area contributed by atoms with Gasteiger partial charge in [-0.05, 0) is 19.1 Å². The van der Waals surface area contributed by atoms with Crippen LogP contribution in [0.4, 0.5) is 5.69 Å². The summed E-state index contributed by atoms with van der Waals surface area (Å²) in [5.41, 5.74) is 1.56. The number of carbonyl (C=O) groups is 1. The van der Waals surface area contributed by atoms with Gasteiger partial charge in [0, 0.05) is 12.6 Å². The van der Waals surface area contributed by atoms with Crippen LogP contribution < -0.4 is 5.32 Å². The average molecular weight is 148 g/mol. The molecule has 2 heteroatoms. The number of rotatable bonds is 2. The van der Waals surface area contributed by atoms with Crippen LogP contribution in [0, 0.1) is 0 Å². The van der Waals surface area contributed by atoms with Crippen molar-refractivity contribution in [2.45, 2.75) is 6.92 Å². The van der Waals surface area contributed by atoms with Gasteiger partial charge in [0.1, 0.15) is 0 Å². The van der Waals surface area contributed by atoms with Gasteiger partial charge in [-0.15, -0.1) is 0 Å². The molecule has 11 heavy (non-hydrogen) atoms. The van der Waals surface area contributed by atoms with Gasteiger partial charge in [0.2, 0.25) is 0 Å². The SMILES string of the molecule is C[N]c1cccc(C(C)=O)c1. The normalized spacial score (nSPS) is 9.27. The van der Waals surface area contributed by atoms with Crippen molar-refractivity contribution >= 4 is 11.5 Å². The smallest absolute Gasteiger partial charge is 0.159 e. The molecule has 0 heterocycles. The van der Waals surface area contributed by atoms with Gasteiger partial charge < -0.3 is 0 Å². The fourth-order valence-corrected chi connectivity index (χ4v) is 0.864. The van der Waals surface area contributed by atoms with Gasteiger partial charge in [-0.2, -0.15) is 0 Å². The van der Waals surface area contributed by atoms with Crippen LogP contribution in [0.2, 0.25) is 0 Å². The second kappa shape index (κ2) is 3.19. The summed E-state index contributed by atoms with van der Waals surface area (Å²) < 4.78 is 0. The van der Waals surface area contributed by atoms with E-state index in [0.717, 1.165) is 5.69 Å². The molecule has 0 bridgehead atoms. The Bertz CT molecular complexity index is 268. The van der Waals surface area contributed by atoms with Gasteiger partial charge in [-0.25, -0.2) is 0 Å². The molecule has 1 aromatic carbocycles. The zero-order valence-corrected chi connectivity index (χ0v) is 6.66. The topological polar surface area (TPSA) is 31.2 Å². The summed E-state index contributed by atoms with van der Waals surface area (Å²) in [6.07, 6.45) is 0. The highest BCUT2D eigenvalue weighted by atomic mass is 16.1. The molecule has 0 amide bonds. The quantitative estimate of drug-likeness (QED) is 0.588. The first kappa shape index (κ1) is 7.79. The monoisotopic (exact) mass is 148 g/mol. The van der Waals surface area contributed by atoms with Crippen LogP contribution in [0.25, 0.3) is 0 Å². The van der Waals surface area contributed by atoms with Gasteiger partial charge in [0.25, 0.3) is 0 Å². The molecule has 0 aliphatic heterocycles. The predicted octanol–water partition coefficient (Wildman–Crippen LogP) is 1.75. The Kier molecular flexibility index (Phi) is 2.26. The maximum absolute atomic E-state index is 10.9. The molecule has 1 aromatic rings. The Balaban J connectivity index is 3.01. The number of hydrogen-bond donors (Lipinski definition) is 0. The van der Waals surface area contributed by atoms with Crippen molar-refractivity contribution in [3.05, 3.63) is 29.8 Å². The second-order valence-corrected chi connectivity index (χ2v) is 2.33. The predicted molar refractivity (Wildman–Crippen MR) is 44.2 cm³/mol. The summed E-state index contributed by atoms with van der Waals surface area (Å²) in [5.74, 6) is 0.0792. The van der Waals surface area contributed by atoms with Crippen LogP contribution in [-0.2, 0) is 0 Å². The van der Waals surface area contributed by atoms with Crippen LogP contribution in [0.1, 0.15) is 17.3 Å². The number of hydrogen-bond acceptors (Lipinski definition) is 1. The molecule has 0 aliphatic carbocycles. The molecular formula is C9H10NO. The van der Waals surface area contributed by atoms with Crippen molar-refractivity contribution < 1.29 is 4.79 Å². The Morgan fingerprint density at radius 2 is 2.18 bits per heavy atom. The van der Waals surface area contributed by atoms with Crippen molar-refractivity contribution in [3.63, 3.8) is 0 Å². The minimum atomic E-state index is 0.0792. The summed E-state index contributed by atoms with van der Waals surface area (Å²) in [4.78, 5) is 10.9. The van der Waals surface area contributed by atoms with E-state index in [9.17, 15) is 4.79 Å². The van der Waals surface area contributed by atoms with E-state index in [2.05, 4.69) is 5.32 Å². The molecule has 0 saturated heterocycles. The van der Waals surface area contributed by atoms with E-state index >= 15 is 0 Å². The van der Waals surface area contributed by atoms with Crippen molar-refractivity contribution in [1.82, 2.24) is 5.32 Å². The highest BCUT2D eigenvalue weighted by molar-refractivity contribution is 5.94. The van der Waals surface area contributed by atoms with Crippen LogP contribution in [0.5, 0.6) is 0 Å². The van der Waals surface area contributed by atoms with E-state index in [-0.39, 0.29) is 5.78 Å². The lowest BCUT2D eigenvalue weighted by atomic mass is 10.1. The van der Waals surface area contributed by atoms with Gasteiger partial charge in [-0.3, -0.25) is 10.1 Å². The first-order chi connectivity index (χ1) is 5.24. The van der Waals surface area contributed by atoms with Gasteiger partial charge in [-0.1, -0.05) is 12.1 Å². The number of benzene rings is 1. The van der Waals surface area contributed by atoms with Crippen LogP contribution >= 0.6 is 0 Å². The van der Waals surface area contributed by atoms with Gasteiger partial charge >= 0.3 is 0 Å². The third-order valence-corrected chi connectivity index (χ3v) is 1.51. The molecule has 1 rings (SSSR count). The lowest BCUT2D eigenvalue weighted by Crippen LogP contribution is -1.93. The fraction of sp³-hybridized carbons (Fsp3) is 0.222. The Hall–Kier alpha value is -1.31. The minimum absolute atomic E-state index is 0.0792. The van der Waals surface area contributed by atoms with Gasteiger partial charge in [0.15, 0.2) is 5.78 Å². The Labute approximate surface area is 66.2 Å². The molecule has 2 nitrogen and oxygen atoms in total. The molecule has 0 unspecified atom stereocenters.